The van der Waals surface area contributed by atoms with Crippen molar-refractivity contribution in [3.8, 4) is 0 Å². The van der Waals surface area contributed by atoms with Crippen molar-refractivity contribution in [3.63, 3.8) is 0 Å². The summed E-state index contributed by atoms with van der Waals surface area (Å²) in [5.74, 6) is -1.18. The van der Waals surface area contributed by atoms with Crippen LogP contribution in [0.2, 0.25) is 0 Å². The van der Waals surface area contributed by atoms with Gasteiger partial charge in [-0.1, -0.05) is 0 Å². The van der Waals surface area contributed by atoms with Crippen molar-refractivity contribution in [1.82, 2.24) is 4.98 Å². The lowest BCUT2D eigenvalue weighted by Gasteiger charge is -1.91. The third-order valence-corrected chi connectivity index (χ3v) is 1.34. The van der Waals surface area contributed by atoms with Crippen molar-refractivity contribution < 1.29 is 9.31 Å². The predicted molar refractivity (Wildman–Crippen MR) is 38.5 cm³/mol. The smallest absolute Gasteiger partial charge is 0.358 e. The molecule has 4 nitrogen and oxygen atoms in total. The molecule has 0 spiro atoms. The molecular formula is C5H2BrFN2O2. The van der Waals surface area contributed by atoms with E-state index in [2.05, 4.69) is 20.9 Å². The summed E-state index contributed by atoms with van der Waals surface area (Å²) in [6.07, 6.45) is 0. The molecule has 0 aliphatic rings. The molecule has 11 heavy (non-hydrogen) atoms. The Hall–Kier alpha value is -1.04. The fourth-order valence-corrected chi connectivity index (χ4v) is 0.947. The summed E-state index contributed by atoms with van der Waals surface area (Å²) in [7, 11) is 0. The lowest BCUT2D eigenvalue weighted by atomic mass is 10.4. The van der Waals surface area contributed by atoms with Gasteiger partial charge in [-0.15, -0.1) is 0 Å². The molecule has 0 radical (unpaired) electrons. The highest BCUT2D eigenvalue weighted by molar-refractivity contribution is 9.10. The van der Waals surface area contributed by atoms with E-state index in [9.17, 15) is 14.5 Å². The average molecular weight is 221 g/mol. The molecule has 58 valence electrons. The van der Waals surface area contributed by atoms with Crippen LogP contribution in [-0.4, -0.2) is 9.91 Å². The van der Waals surface area contributed by atoms with E-state index >= 15 is 0 Å². The van der Waals surface area contributed by atoms with Gasteiger partial charge in [0, 0.05) is 22.0 Å². The number of aromatic nitrogens is 1. The van der Waals surface area contributed by atoms with E-state index in [1.54, 1.807) is 0 Å². The summed E-state index contributed by atoms with van der Waals surface area (Å²) >= 11 is 2.83. The molecule has 0 unspecified atom stereocenters. The summed E-state index contributed by atoms with van der Waals surface area (Å²) in [6, 6.07) is 1.80. The van der Waals surface area contributed by atoms with Gasteiger partial charge < -0.3 is 10.1 Å². The second-order valence-corrected chi connectivity index (χ2v) is 2.54. The van der Waals surface area contributed by atoms with Crippen LogP contribution in [0.15, 0.2) is 16.7 Å². The largest absolute Gasteiger partial charge is 0.367 e. The Labute approximate surface area is 69.3 Å². The van der Waals surface area contributed by atoms with Crippen molar-refractivity contribution in [2.45, 2.75) is 0 Å². The molecule has 0 fully saturated rings. The van der Waals surface area contributed by atoms with Crippen LogP contribution < -0.4 is 0 Å². The number of hydrogen-bond donors (Lipinski definition) is 0. The molecular weight excluding hydrogens is 219 g/mol. The van der Waals surface area contributed by atoms with Crippen LogP contribution in [-0.2, 0) is 0 Å². The molecule has 0 aromatic carbocycles. The maximum Gasteiger partial charge on any atom is 0.367 e. The second kappa shape index (κ2) is 2.91. The van der Waals surface area contributed by atoms with E-state index < -0.39 is 16.6 Å². The molecule has 0 bridgehead atoms. The maximum absolute atomic E-state index is 12.4. The fraction of sp³-hybridized carbons (Fsp3) is 0. The Morgan fingerprint density at radius 3 is 2.73 bits per heavy atom. The topological polar surface area (TPSA) is 56.0 Å². The molecule has 6 heteroatoms. The molecule has 1 aromatic rings. The number of hydrogen-bond acceptors (Lipinski definition) is 3. The summed E-state index contributed by atoms with van der Waals surface area (Å²) < 4.78 is 12.5. The molecule has 0 saturated heterocycles. The molecule has 1 heterocycles. The minimum absolute atomic E-state index is 0.115. The Bertz CT molecular complexity index is 284. The molecule has 1 aromatic heterocycles. The Morgan fingerprint density at radius 2 is 2.27 bits per heavy atom. The zero-order chi connectivity index (χ0) is 8.43. The number of pyridine rings is 1. The Morgan fingerprint density at radius 1 is 1.64 bits per heavy atom. The van der Waals surface area contributed by atoms with E-state index in [0.717, 1.165) is 12.1 Å². The third kappa shape index (κ3) is 1.94. The van der Waals surface area contributed by atoms with Crippen LogP contribution in [0.5, 0.6) is 0 Å². The number of rotatable bonds is 1. The van der Waals surface area contributed by atoms with Crippen molar-refractivity contribution in [2.75, 3.05) is 0 Å². The molecule has 0 atom stereocenters. The fourth-order valence-electron chi connectivity index (χ4n) is 0.546. The highest BCUT2D eigenvalue weighted by atomic mass is 79.9. The average Bonchev–Trinajstić information content (AvgIpc) is 1.85. The molecule has 0 amide bonds. The zero-order valence-electron chi connectivity index (χ0n) is 5.12. The summed E-state index contributed by atoms with van der Waals surface area (Å²) in [4.78, 5) is 12.7. The molecule has 0 aliphatic carbocycles. The van der Waals surface area contributed by atoms with Crippen LogP contribution >= 0.6 is 15.9 Å². The first-order valence-electron chi connectivity index (χ1n) is 2.57. The minimum atomic E-state index is -0.756. The highest BCUT2D eigenvalue weighted by Crippen LogP contribution is 2.14. The van der Waals surface area contributed by atoms with E-state index in [-0.39, 0.29) is 4.60 Å². The first-order chi connectivity index (χ1) is 5.09. The van der Waals surface area contributed by atoms with E-state index in [4.69, 9.17) is 0 Å². The first kappa shape index (κ1) is 8.06. The predicted octanol–water partition coefficient (Wildman–Crippen LogP) is 1.89. The van der Waals surface area contributed by atoms with E-state index in [0.29, 0.717) is 0 Å². The van der Waals surface area contributed by atoms with Gasteiger partial charge in [0.2, 0.25) is 4.60 Å². The van der Waals surface area contributed by atoms with Gasteiger partial charge >= 0.3 is 5.82 Å². The van der Waals surface area contributed by atoms with Gasteiger partial charge in [-0.05, 0) is 9.91 Å². The number of nitrogens with zero attached hydrogens (tertiary/aromatic N) is 2. The van der Waals surface area contributed by atoms with E-state index in [1.165, 1.54) is 0 Å². The van der Waals surface area contributed by atoms with Crippen LogP contribution in [0, 0.1) is 15.9 Å². The van der Waals surface area contributed by atoms with Crippen LogP contribution in [0.25, 0.3) is 0 Å². The first-order valence-corrected chi connectivity index (χ1v) is 3.36. The summed E-state index contributed by atoms with van der Waals surface area (Å²) in [5.41, 5.74) is 0. The lowest BCUT2D eigenvalue weighted by Crippen LogP contribution is -1.92. The zero-order valence-corrected chi connectivity index (χ0v) is 6.71. The van der Waals surface area contributed by atoms with Crippen molar-refractivity contribution >= 4 is 21.7 Å². The van der Waals surface area contributed by atoms with E-state index in [1.807, 2.05) is 0 Å². The van der Waals surface area contributed by atoms with Crippen molar-refractivity contribution in [2.24, 2.45) is 0 Å². The Balaban J connectivity index is 3.19. The quantitative estimate of drug-likeness (QED) is 0.413. The summed E-state index contributed by atoms with van der Waals surface area (Å²) in [5, 5.41) is 10.1. The van der Waals surface area contributed by atoms with Crippen molar-refractivity contribution in [3.05, 3.63) is 32.7 Å². The molecule has 1 rings (SSSR count). The van der Waals surface area contributed by atoms with Gasteiger partial charge in [-0.25, -0.2) is 4.39 Å². The van der Waals surface area contributed by atoms with Gasteiger partial charge in [-0.2, -0.15) is 0 Å². The monoisotopic (exact) mass is 220 g/mol. The SMILES string of the molecule is O=[N+]([O-])c1cc(F)cc(Br)n1. The maximum atomic E-state index is 12.4. The van der Waals surface area contributed by atoms with Crippen LogP contribution in [0.4, 0.5) is 10.2 Å². The molecule has 0 N–H and O–H groups in total. The third-order valence-electron chi connectivity index (χ3n) is 0.932. The second-order valence-electron chi connectivity index (χ2n) is 1.72. The standard InChI is InChI=1S/C5H2BrFN2O2/c6-4-1-3(7)2-5(8-4)9(10)11/h1-2H. The normalized spacial score (nSPS) is 9.64. The van der Waals surface area contributed by atoms with Gasteiger partial charge in [0.25, 0.3) is 0 Å². The minimum Gasteiger partial charge on any atom is -0.358 e. The van der Waals surface area contributed by atoms with Gasteiger partial charge in [0.1, 0.15) is 5.82 Å². The van der Waals surface area contributed by atoms with Crippen LogP contribution in [0.1, 0.15) is 0 Å². The van der Waals surface area contributed by atoms with Crippen LogP contribution in [0.3, 0.4) is 0 Å². The van der Waals surface area contributed by atoms with Gasteiger partial charge in [0.05, 0.1) is 6.07 Å². The summed E-state index contributed by atoms with van der Waals surface area (Å²) in [6.45, 7) is 0. The number of halogens is 2. The lowest BCUT2D eigenvalue weighted by molar-refractivity contribution is -0.389. The highest BCUT2D eigenvalue weighted by Gasteiger charge is 2.10. The molecule has 0 aliphatic heterocycles. The molecule has 0 saturated carbocycles. The van der Waals surface area contributed by atoms with Gasteiger partial charge in [-0.3, -0.25) is 0 Å². The Kier molecular flexibility index (Phi) is 2.13. The number of nitro groups is 1. The van der Waals surface area contributed by atoms with Gasteiger partial charge in [0.15, 0.2) is 0 Å². The van der Waals surface area contributed by atoms with Crippen molar-refractivity contribution in [1.29, 1.82) is 0 Å².